The number of rotatable bonds is 6. The van der Waals surface area contributed by atoms with Crippen molar-refractivity contribution >= 4 is 17.7 Å². The van der Waals surface area contributed by atoms with Gasteiger partial charge in [-0.2, -0.15) is 0 Å². The summed E-state index contributed by atoms with van der Waals surface area (Å²) in [4.78, 5) is 29.6. The minimum atomic E-state index is -0.963. The van der Waals surface area contributed by atoms with Crippen LogP contribution in [0.25, 0.3) is 11.1 Å². The summed E-state index contributed by atoms with van der Waals surface area (Å²) in [7, 11) is 1.77. The van der Waals surface area contributed by atoms with E-state index >= 15 is 0 Å². The molecule has 0 saturated heterocycles. The molecule has 2 aromatic rings. The standard InChI is InChI=1S/C22H27N3O4/c1-21(2,3)29-20(28)25(4)22(8-9-22)14-24-18-11-17(12-23-13-18)15-6-5-7-16(10-15)19(26)27/h5-7,10-13,24H,8-9,14H2,1-4H3,(H,26,27). The summed E-state index contributed by atoms with van der Waals surface area (Å²) in [5.74, 6) is -0.963. The van der Waals surface area contributed by atoms with E-state index in [1.807, 2.05) is 32.9 Å². The third-order valence-corrected chi connectivity index (χ3v) is 5.01. The van der Waals surface area contributed by atoms with E-state index in [1.54, 1.807) is 42.5 Å². The Hall–Kier alpha value is -3.09. The van der Waals surface area contributed by atoms with Gasteiger partial charge in [0.1, 0.15) is 5.60 Å². The van der Waals surface area contributed by atoms with Crippen LogP contribution in [0.5, 0.6) is 0 Å². The number of nitrogens with zero attached hydrogens (tertiary/aromatic N) is 2. The molecule has 1 heterocycles. The second-order valence-corrected chi connectivity index (χ2v) is 8.47. The number of carboxylic acid groups (broad SMARTS) is 1. The Morgan fingerprint density at radius 3 is 2.55 bits per heavy atom. The van der Waals surface area contributed by atoms with Gasteiger partial charge in [-0.15, -0.1) is 0 Å². The molecule has 0 bridgehead atoms. The molecule has 2 N–H and O–H groups in total. The maximum atomic E-state index is 12.4. The van der Waals surface area contributed by atoms with Gasteiger partial charge in [-0.25, -0.2) is 9.59 Å². The first kappa shape index (κ1) is 20.6. The minimum Gasteiger partial charge on any atom is -0.478 e. The second kappa shape index (κ2) is 7.73. The van der Waals surface area contributed by atoms with E-state index in [1.165, 1.54) is 0 Å². The molecule has 1 amide bonds. The van der Waals surface area contributed by atoms with Crippen LogP contribution in [0.1, 0.15) is 44.0 Å². The average Bonchev–Trinajstić information content (AvgIpc) is 3.46. The number of pyridine rings is 1. The van der Waals surface area contributed by atoms with Crippen LogP contribution < -0.4 is 5.32 Å². The number of ether oxygens (including phenoxy) is 1. The molecule has 0 aliphatic heterocycles. The lowest BCUT2D eigenvalue weighted by Gasteiger charge is -2.31. The van der Waals surface area contributed by atoms with Crippen molar-refractivity contribution in [3.63, 3.8) is 0 Å². The number of nitrogens with one attached hydrogen (secondary N) is 1. The molecule has 0 radical (unpaired) electrons. The highest BCUT2D eigenvalue weighted by Crippen LogP contribution is 2.41. The van der Waals surface area contributed by atoms with E-state index in [2.05, 4.69) is 10.3 Å². The van der Waals surface area contributed by atoms with Gasteiger partial charge in [0.2, 0.25) is 0 Å². The number of aromatic nitrogens is 1. The van der Waals surface area contributed by atoms with E-state index in [0.29, 0.717) is 6.54 Å². The summed E-state index contributed by atoms with van der Waals surface area (Å²) < 4.78 is 5.48. The second-order valence-electron chi connectivity index (χ2n) is 8.47. The first-order chi connectivity index (χ1) is 13.6. The molecule has 1 aromatic heterocycles. The zero-order valence-electron chi connectivity index (χ0n) is 17.2. The van der Waals surface area contributed by atoms with Gasteiger partial charge >= 0.3 is 12.1 Å². The smallest absolute Gasteiger partial charge is 0.410 e. The average molecular weight is 397 g/mol. The van der Waals surface area contributed by atoms with Crippen LogP contribution >= 0.6 is 0 Å². The van der Waals surface area contributed by atoms with Crippen molar-refractivity contribution in [2.45, 2.75) is 44.8 Å². The Morgan fingerprint density at radius 2 is 1.93 bits per heavy atom. The van der Waals surface area contributed by atoms with Gasteiger partial charge in [-0.3, -0.25) is 4.98 Å². The van der Waals surface area contributed by atoms with Crippen molar-refractivity contribution in [2.24, 2.45) is 0 Å². The van der Waals surface area contributed by atoms with Crippen molar-refractivity contribution < 1.29 is 19.4 Å². The third kappa shape index (κ3) is 5.04. The minimum absolute atomic E-state index is 0.233. The number of likely N-dealkylation sites (N-methyl/N-ethyl adjacent to an activating group) is 1. The number of benzene rings is 1. The number of carbonyl (C=O) groups excluding carboxylic acids is 1. The Bertz CT molecular complexity index is 916. The molecule has 1 aliphatic carbocycles. The largest absolute Gasteiger partial charge is 0.478 e. The van der Waals surface area contributed by atoms with Gasteiger partial charge < -0.3 is 20.1 Å². The molecule has 1 fully saturated rings. The molecular formula is C22H27N3O4. The topological polar surface area (TPSA) is 91.8 Å². The molecule has 7 heteroatoms. The summed E-state index contributed by atoms with van der Waals surface area (Å²) in [6.45, 7) is 6.15. The van der Waals surface area contributed by atoms with Crippen molar-refractivity contribution in [1.82, 2.24) is 9.88 Å². The molecular weight excluding hydrogens is 370 g/mol. The fourth-order valence-electron chi connectivity index (χ4n) is 3.09. The molecule has 154 valence electrons. The summed E-state index contributed by atoms with van der Waals surface area (Å²) >= 11 is 0. The van der Waals surface area contributed by atoms with E-state index in [4.69, 9.17) is 4.74 Å². The normalized spacial score (nSPS) is 14.8. The number of hydrogen-bond donors (Lipinski definition) is 2. The Labute approximate surface area is 170 Å². The van der Waals surface area contributed by atoms with Crippen molar-refractivity contribution in [1.29, 1.82) is 0 Å². The molecule has 0 spiro atoms. The Balaban J connectivity index is 1.69. The van der Waals surface area contributed by atoms with Crippen LogP contribution in [-0.2, 0) is 4.74 Å². The number of amides is 1. The monoisotopic (exact) mass is 397 g/mol. The summed E-state index contributed by atoms with van der Waals surface area (Å²) in [5, 5.41) is 12.6. The SMILES string of the molecule is CN(C(=O)OC(C)(C)C)C1(CNc2cncc(-c3cccc(C(=O)O)c3)c2)CC1. The van der Waals surface area contributed by atoms with Crippen LogP contribution in [0, 0.1) is 0 Å². The van der Waals surface area contributed by atoms with Gasteiger partial charge in [0.05, 0.1) is 16.8 Å². The van der Waals surface area contributed by atoms with Crippen LogP contribution in [0.3, 0.4) is 0 Å². The zero-order chi connectivity index (χ0) is 21.2. The van der Waals surface area contributed by atoms with Crippen molar-refractivity contribution in [2.75, 3.05) is 18.9 Å². The molecule has 0 atom stereocenters. The zero-order valence-corrected chi connectivity index (χ0v) is 17.2. The summed E-state index contributed by atoms with van der Waals surface area (Å²) in [6, 6.07) is 8.68. The van der Waals surface area contributed by atoms with Crippen LogP contribution in [0.2, 0.25) is 0 Å². The van der Waals surface area contributed by atoms with Crippen molar-refractivity contribution in [3.05, 3.63) is 48.3 Å². The van der Waals surface area contributed by atoms with E-state index in [-0.39, 0.29) is 17.2 Å². The first-order valence-electron chi connectivity index (χ1n) is 9.59. The van der Waals surface area contributed by atoms with Crippen molar-refractivity contribution in [3.8, 4) is 11.1 Å². The fourth-order valence-corrected chi connectivity index (χ4v) is 3.09. The van der Waals surface area contributed by atoms with E-state index in [9.17, 15) is 14.7 Å². The lowest BCUT2D eigenvalue weighted by atomic mass is 10.0. The van der Waals surface area contributed by atoms with Gasteiger partial charge in [-0.1, -0.05) is 12.1 Å². The van der Waals surface area contributed by atoms with E-state index in [0.717, 1.165) is 29.7 Å². The van der Waals surface area contributed by atoms with E-state index < -0.39 is 11.6 Å². The Kier molecular flexibility index (Phi) is 5.50. The van der Waals surface area contributed by atoms with Crippen LogP contribution in [0.15, 0.2) is 42.7 Å². The molecule has 1 aliphatic rings. The number of anilines is 1. The number of hydrogen-bond acceptors (Lipinski definition) is 5. The molecule has 29 heavy (non-hydrogen) atoms. The highest BCUT2D eigenvalue weighted by atomic mass is 16.6. The maximum absolute atomic E-state index is 12.4. The van der Waals surface area contributed by atoms with Crippen LogP contribution in [0.4, 0.5) is 10.5 Å². The predicted molar refractivity (Wildman–Crippen MR) is 111 cm³/mol. The quantitative estimate of drug-likeness (QED) is 0.757. The predicted octanol–water partition coefficient (Wildman–Crippen LogP) is 4.26. The number of aromatic carboxylic acids is 1. The molecule has 3 rings (SSSR count). The maximum Gasteiger partial charge on any atom is 0.410 e. The third-order valence-electron chi connectivity index (χ3n) is 5.01. The van der Waals surface area contributed by atoms with Gasteiger partial charge in [-0.05, 0) is 57.4 Å². The fraction of sp³-hybridized carbons (Fsp3) is 0.409. The lowest BCUT2D eigenvalue weighted by molar-refractivity contribution is 0.0206. The van der Waals surface area contributed by atoms with Gasteiger partial charge in [0.15, 0.2) is 0 Å². The summed E-state index contributed by atoms with van der Waals surface area (Å²) in [6.07, 6.45) is 4.90. The molecule has 1 saturated carbocycles. The molecule has 1 aromatic carbocycles. The highest BCUT2D eigenvalue weighted by Gasteiger charge is 2.49. The lowest BCUT2D eigenvalue weighted by Crippen LogP contribution is -2.45. The van der Waals surface area contributed by atoms with Gasteiger partial charge in [0, 0.05) is 31.5 Å². The Morgan fingerprint density at radius 1 is 1.21 bits per heavy atom. The number of carboxylic acids is 1. The van der Waals surface area contributed by atoms with Crippen LogP contribution in [-0.4, -0.2) is 51.8 Å². The highest BCUT2D eigenvalue weighted by molar-refractivity contribution is 5.89. The summed E-state index contributed by atoms with van der Waals surface area (Å²) in [5.41, 5.74) is 1.86. The number of carbonyl (C=O) groups is 2. The molecule has 7 nitrogen and oxygen atoms in total. The molecule has 0 unspecified atom stereocenters. The van der Waals surface area contributed by atoms with Gasteiger partial charge in [0.25, 0.3) is 0 Å². The first-order valence-corrected chi connectivity index (χ1v) is 9.59.